The molecular formula is C10H14N2O2. The first-order chi connectivity index (χ1) is 6.74. The second-order valence-corrected chi connectivity index (χ2v) is 2.91. The fourth-order valence-corrected chi connectivity index (χ4v) is 1.46. The Morgan fingerprint density at radius 3 is 2.50 bits per heavy atom. The molecule has 0 unspecified atom stereocenters. The number of rotatable bonds is 4. The highest BCUT2D eigenvalue weighted by molar-refractivity contribution is 5.73. The van der Waals surface area contributed by atoms with Gasteiger partial charge in [0.15, 0.2) is 0 Å². The van der Waals surface area contributed by atoms with Gasteiger partial charge in [-0.2, -0.15) is 0 Å². The van der Waals surface area contributed by atoms with E-state index in [4.69, 9.17) is 0 Å². The van der Waals surface area contributed by atoms with Crippen LogP contribution in [-0.4, -0.2) is 18.2 Å². The zero-order valence-electron chi connectivity index (χ0n) is 8.40. The molecule has 0 atom stereocenters. The number of phenolic OH excluding ortho intramolecular Hbond substituents is 1. The van der Waals surface area contributed by atoms with E-state index in [9.17, 15) is 10.0 Å². The summed E-state index contributed by atoms with van der Waals surface area (Å²) in [5.74, 6) is 0.103. The molecular weight excluding hydrogens is 180 g/mol. The van der Waals surface area contributed by atoms with Crippen molar-refractivity contribution in [2.24, 2.45) is 5.18 Å². The predicted octanol–water partition coefficient (Wildman–Crippen LogP) is 2.64. The van der Waals surface area contributed by atoms with E-state index in [1.807, 2.05) is 18.7 Å². The number of nitrogens with zero attached hydrogens (tertiary/aromatic N) is 2. The summed E-state index contributed by atoms with van der Waals surface area (Å²) < 4.78 is 0. The fraction of sp³-hybridized carbons (Fsp3) is 0.400. The molecule has 0 fully saturated rings. The average molecular weight is 194 g/mol. The third-order valence-corrected chi connectivity index (χ3v) is 2.17. The zero-order chi connectivity index (χ0) is 10.6. The Morgan fingerprint density at radius 2 is 2.00 bits per heavy atom. The van der Waals surface area contributed by atoms with E-state index in [2.05, 4.69) is 5.18 Å². The van der Waals surface area contributed by atoms with Crippen LogP contribution in [0.1, 0.15) is 13.8 Å². The number of hydrogen-bond acceptors (Lipinski definition) is 4. The van der Waals surface area contributed by atoms with Crippen LogP contribution >= 0.6 is 0 Å². The highest BCUT2D eigenvalue weighted by Gasteiger charge is 2.13. The summed E-state index contributed by atoms with van der Waals surface area (Å²) in [6, 6.07) is 4.77. The molecule has 0 aromatic heterocycles. The van der Waals surface area contributed by atoms with Crippen molar-refractivity contribution in [2.75, 3.05) is 18.0 Å². The lowest BCUT2D eigenvalue weighted by Gasteiger charge is -2.22. The number of nitroso groups, excluding NO2 is 1. The molecule has 4 nitrogen and oxygen atoms in total. The van der Waals surface area contributed by atoms with Gasteiger partial charge >= 0.3 is 0 Å². The van der Waals surface area contributed by atoms with E-state index in [0.717, 1.165) is 13.1 Å². The highest BCUT2D eigenvalue weighted by atomic mass is 16.3. The van der Waals surface area contributed by atoms with Crippen LogP contribution in [0.2, 0.25) is 0 Å². The van der Waals surface area contributed by atoms with Gasteiger partial charge < -0.3 is 10.0 Å². The molecule has 0 aliphatic rings. The van der Waals surface area contributed by atoms with Crippen molar-refractivity contribution in [1.29, 1.82) is 0 Å². The SMILES string of the molecule is CCN(CC)c1c(O)cccc1N=O. The summed E-state index contributed by atoms with van der Waals surface area (Å²) in [6.07, 6.45) is 0. The Balaban J connectivity index is 3.21. The summed E-state index contributed by atoms with van der Waals surface area (Å²) in [7, 11) is 0. The van der Waals surface area contributed by atoms with Gasteiger partial charge in [-0.25, -0.2) is 0 Å². The molecule has 14 heavy (non-hydrogen) atoms. The normalized spacial score (nSPS) is 9.86. The minimum Gasteiger partial charge on any atom is -0.506 e. The van der Waals surface area contributed by atoms with E-state index in [0.29, 0.717) is 5.69 Å². The van der Waals surface area contributed by atoms with E-state index < -0.39 is 0 Å². The maximum Gasteiger partial charge on any atom is 0.141 e. The molecule has 0 heterocycles. The molecule has 0 radical (unpaired) electrons. The maximum absolute atomic E-state index is 10.5. The van der Waals surface area contributed by atoms with Gasteiger partial charge in [-0.3, -0.25) is 0 Å². The van der Waals surface area contributed by atoms with Gasteiger partial charge in [0.25, 0.3) is 0 Å². The fourth-order valence-electron chi connectivity index (χ4n) is 1.46. The van der Waals surface area contributed by atoms with Crippen molar-refractivity contribution in [3.63, 3.8) is 0 Å². The maximum atomic E-state index is 10.5. The second-order valence-electron chi connectivity index (χ2n) is 2.91. The van der Waals surface area contributed by atoms with Crippen LogP contribution in [-0.2, 0) is 0 Å². The lowest BCUT2D eigenvalue weighted by Crippen LogP contribution is -2.21. The quantitative estimate of drug-likeness (QED) is 0.749. The third kappa shape index (κ3) is 1.84. The largest absolute Gasteiger partial charge is 0.506 e. The van der Waals surface area contributed by atoms with Crippen molar-refractivity contribution in [2.45, 2.75) is 13.8 Å². The first-order valence-corrected chi connectivity index (χ1v) is 4.64. The Hall–Kier alpha value is -1.58. The molecule has 0 amide bonds. The van der Waals surface area contributed by atoms with Gasteiger partial charge in [0.2, 0.25) is 0 Å². The third-order valence-electron chi connectivity index (χ3n) is 2.17. The van der Waals surface area contributed by atoms with Crippen LogP contribution < -0.4 is 4.90 Å². The Kier molecular flexibility index (Phi) is 3.45. The van der Waals surface area contributed by atoms with Crippen molar-refractivity contribution in [3.8, 4) is 5.75 Å². The van der Waals surface area contributed by atoms with Gasteiger partial charge in [0.05, 0.1) is 0 Å². The predicted molar refractivity (Wildman–Crippen MR) is 57.1 cm³/mol. The van der Waals surface area contributed by atoms with Crippen molar-refractivity contribution in [3.05, 3.63) is 23.1 Å². The lowest BCUT2D eigenvalue weighted by atomic mass is 10.2. The molecule has 1 N–H and O–H groups in total. The van der Waals surface area contributed by atoms with Crippen molar-refractivity contribution in [1.82, 2.24) is 0 Å². The molecule has 0 aliphatic carbocycles. The van der Waals surface area contributed by atoms with E-state index >= 15 is 0 Å². The monoisotopic (exact) mass is 194 g/mol. The zero-order valence-corrected chi connectivity index (χ0v) is 8.40. The minimum atomic E-state index is 0.103. The van der Waals surface area contributed by atoms with Crippen LogP contribution in [0.5, 0.6) is 5.75 Å². The molecule has 0 aliphatic heterocycles. The molecule has 76 valence electrons. The first kappa shape index (κ1) is 10.5. The van der Waals surface area contributed by atoms with E-state index in [1.54, 1.807) is 18.2 Å². The number of phenols is 1. The summed E-state index contributed by atoms with van der Waals surface area (Å²) >= 11 is 0. The molecule has 0 bridgehead atoms. The van der Waals surface area contributed by atoms with Gasteiger partial charge in [0, 0.05) is 13.1 Å². The molecule has 1 rings (SSSR count). The summed E-state index contributed by atoms with van der Waals surface area (Å²) in [5, 5.41) is 12.5. The number of para-hydroxylation sites is 1. The van der Waals surface area contributed by atoms with Crippen LogP contribution in [0.4, 0.5) is 11.4 Å². The number of aromatic hydroxyl groups is 1. The number of anilines is 1. The lowest BCUT2D eigenvalue weighted by molar-refractivity contribution is 0.474. The van der Waals surface area contributed by atoms with E-state index in [-0.39, 0.29) is 11.4 Å². The van der Waals surface area contributed by atoms with Crippen LogP contribution in [0.25, 0.3) is 0 Å². The van der Waals surface area contributed by atoms with Gasteiger partial charge in [-0.1, -0.05) is 6.07 Å². The van der Waals surface area contributed by atoms with Crippen molar-refractivity contribution < 1.29 is 5.11 Å². The molecule has 1 aromatic carbocycles. The average Bonchev–Trinajstić information content (AvgIpc) is 2.22. The van der Waals surface area contributed by atoms with Crippen LogP contribution in [0, 0.1) is 4.91 Å². The molecule has 0 spiro atoms. The van der Waals surface area contributed by atoms with Gasteiger partial charge in [-0.15, -0.1) is 4.91 Å². The topological polar surface area (TPSA) is 52.9 Å². The summed E-state index contributed by atoms with van der Waals surface area (Å²) in [5.41, 5.74) is 0.807. The Labute approximate surface area is 83.1 Å². The van der Waals surface area contributed by atoms with Gasteiger partial charge in [0.1, 0.15) is 17.1 Å². The number of hydrogen-bond donors (Lipinski definition) is 1. The molecule has 0 saturated heterocycles. The first-order valence-electron chi connectivity index (χ1n) is 4.64. The van der Waals surface area contributed by atoms with Crippen LogP contribution in [0.3, 0.4) is 0 Å². The standard InChI is InChI=1S/C10H14N2O2/c1-3-12(4-2)10-8(11-14)6-5-7-9(10)13/h5-7,13H,3-4H2,1-2H3. The molecule has 4 heteroatoms. The smallest absolute Gasteiger partial charge is 0.141 e. The van der Waals surface area contributed by atoms with E-state index in [1.165, 1.54) is 0 Å². The highest BCUT2D eigenvalue weighted by Crippen LogP contribution is 2.36. The van der Waals surface area contributed by atoms with Gasteiger partial charge in [-0.05, 0) is 31.2 Å². The van der Waals surface area contributed by atoms with Crippen LogP contribution in [0.15, 0.2) is 23.4 Å². The van der Waals surface area contributed by atoms with Crippen molar-refractivity contribution >= 4 is 11.4 Å². The molecule has 0 saturated carbocycles. The Morgan fingerprint density at radius 1 is 1.36 bits per heavy atom. The number of benzene rings is 1. The summed E-state index contributed by atoms with van der Waals surface area (Å²) in [4.78, 5) is 12.4. The summed E-state index contributed by atoms with van der Waals surface area (Å²) in [6.45, 7) is 5.39. The second kappa shape index (κ2) is 4.60. The molecule has 1 aromatic rings. The Bertz CT molecular complexity index is 322. The minimum absolute atomic E-state index is 0.103.